The molecule has 4 heteroatoms. The summed E-state index contributed by atoms with van der Waals surface area (Å²) in [5, 5.41) is 8.76. The maximum Gasteiger partial charge on any atom is 0.331 e. The Labute approximate surface area is 87.0 Å². The fourth-order valence-corrected chi connectivity index (χ4v) is 1.16. The molecular formula is C11H12FNO2. The van der Waals surface area contributed by atoms with Crippen molar-refractivity contribution in [1.29, 1.82) is 0 Å². The SMILES string of the molecule is CCC(=Cc1ccc(N)cc1F)C(=O)O. The maximum atomic E-state index is 13.3. The molecule has 3 N–H and O–H groups in total. The minimum atomic E-state index is -1.03. The summed E-state index contributed by atoms with van der Waals surface area (Å²) in [5.74, 6) is -1.55. The molecule has 0 aliphatic carbocycles. The van der Waals surface area contributed by atoms with Crippen molar-refractivity contribution in [2.24, 2.45) is 0 Å². The number of nitrogen functional groups attached to an aromatic ring is 1. The first-order chi connectivity index (χ1) is 7.04. The fourth-order valence-electron chi connectivity index (χ4n) is 1.16. The molecule has 80 valence electrons. The van der Waals surface area contributed by atoms with Crippen molar-refractivity contribution in [3.63, 3.8) is 0 Å². The first-order valence-corrected chi connectivity index (χ1v) is 4.53. The first kappa shape index (κ1) is 11.2. The lowest BCUT2D eigenvalue weighted by molar-refractivity contribution is -0.132. The van der Waals surface area contributed by atoms with E-state index in [0.717, 1.165) is 0 Å². The van der Waals surface area contributed by atoms with Crippen molar-refractivity contribution >= 4 is 17.7 Å². The zero-order valence-corrected chi connectivity index (χ0v) is 8.33. The molecule has 0 spiro atoms. The summed E-state index contributed by atoms with van der Waals surface area (Å²) in [6, 6.07) is 4.16. The van der Waals surface area contributed by atoms with Gasteiger partial charge in [-0.1, -0.05) is 6.92 Å². The van der Waals surface area contributed by atoms with Gasteiger partial charge < -0.3 is 10.8 Å². The Morgan fingerprint density at radius 3 is 2.73 bits per heavy atom. The van der Waals surface area contributed by atoms with Crippen LogP contribution in [0.5, 0.6) is 0 Å². The summed E-state index contributed by atoms with van der Waals surface area (Å²) < 4.78 is 13.3. The van der Waals surface area contributed by atoms with Crippen LogP contribution in [0, 0.1) is 5.82 Å². The minimum absolute atomic E-state index is 0.165. The molecule has 0 unspecified atom stereocenters. The third-order valence-electron chi connectivity index (χ3n) is 2.01. The Morgan fingerprint density at radius 2 is 2.27 bits per heavy atom. The molecule has 0 saturated carbocycles. The van der Waals surface area contributed by atoms with Crippen molar-refractivity contribution in [1.82, 2.24) is 0 Å². The number of aliphatic carboxylic acids is 1. The van der Waals surface area contributed by atoms with Crippen LogP contribution in [0.2, 0.25) is 0 Å². The second-order valence-electron chi connectivity index (χ2n) is 3.11. The highest BCUT2D eigenvalue weighted by Gasteiger charge is 2.06. The largest absolute Gasteiger partial charge is 0.478 e. The van der Waals surface area contributed by atoms with Crippen LogP contribution in [-0.4, -0.2) is 11.1 Å². The van der Waals surface area contributed by atoms with Crippen LogP contribution in [0.1, 0.15) is 18.9 Å². The minimum Gasteiger partial charge on any atom is -0.478 e. The lowest BCUT2D eigenvalue weighted by atomic mass is 10.1. The zero-order chi connectivity index (χ0) is 11.4. The number of hydrogen-bond donors (Lipinski definition) is 2. The predicted octanol–water partition coefficient (Wildman–Crippen LogP) is 2.29. The number of halogens is 1. The second kappa shape index (κ2) is 4.59. The van der Waals surface area contributed by atoms with E-state index in [9.17, 15) is 9.18 Å². The quantitative estimate of drug-likeness (QED) is 0.593. The number of anilines is 1. The van der Waals surface area contributed by atoms with E-state index in [4.69, 9.17) is 10.8 Å². The van der Waals surface area contributed by atoms with Crippen LogP contribution in [0.3, 0.4) is 0 Å². The van der Waals surface area contributed by atoms with Gasteiger partial charge in [-0.15, -0.1) is 0 Å². The van der Waals surface area contributed by atoms with Gasteiger partial charge in [0, 0.05) is 16.8 Å². The summed E-state index contributed by atoms with van der Waals surface area (Å²) in [5.41, 5.74) is 6.10. The lowest BCUT2D eigenvalue weighted by Gasteiger charge is -2.01. The zero-order valence-electron chi connectivity index (χ0n) is 8.33. The number of rotatable bonds is 3. The van der Waals surface area contributed by atoms with Gasteiger partial charge in [-0.05, 0) is 30.7 Å². The number of carboxylic acids is 1. The Kier molecular flexibility index (Phi) is 3.44. The average Bonchev–Trinajstić information content (AvgIpc) is 2.16. The third kappa shape index (κ3) is 2.80. The van der Waals surface area contributed by atoms with Crippen molar-refractivity contribution in [2.45, 2.75) is 13.3 Å². The molecular weight excluding hydrogens is 197 g/mol. The Balaban J connectivity index is 3.12. The van der Waals surface area contributed by atoms with Crippen LogP contribution in [0.4, 0.5) is 10.1 Å². The third-order valence-corrected chi connectivity index (χ3v) is 2.01. The monoisotopic (exact) mass is 209 g/mol. The van der Waals surface area contributed by atoms with Gasteiger partial charge in [0.05, 0.1) is 0 Å². The summed E-state index contributed by atoms with van der Waals surface area (Å²) >= 11 is 0. The standard InChI is InChI=1S/C11H12FNO2/c1-2-7(11(14)15)5-8-3-4-9(13)6-10(8)12/h3-6H,2,13H2,1H3,(H,14,15). The number of hydrogen-bond acceptors (Lipinski definition) is 2. The molecule has 0 saturated heterocycles. The van der Waals surface area contributed by atoms with E-state index in [1.165, 1.54) is 24.3 Å². The van der Waals surface area contributed by atoms with E-state index in [0.29, 0.717) is 12.1 Å². The van der Waals surface area contributed by atoms with Crippen LogP contribution in [-0.2, 0) is 4.79 Å². The number of nitrogens with two attached hydrogens (primary N) is 1. The average molecular weight is 209 g/mol. The van der Waals surface area contributed by atoms with E-state index in [1.807, 2.05) is 0 Å². The topological polar surface area (TPSA) is 63.3 Å². The number of benzene rings is 1. The molecule has 0 amide bonds. The van der Waals surface area contributed by atoms with Gasteiger partial charge in [-0.3, -0.25) is 0 Å². The van der Waals surface area contributed by atoms with Crippen LogP contribution in [0.15, 0.2) is 23.8 Å². The van der Waals surface area contributed by atoms with Gasteiger partial charge in [-0.25, -0.2) is 9.18 Å². The molecule has 0 atom stereocenters. The molecule has 15 heavy (non-hydrogen) atoms. The van der Waals surface area contributed by atoms with Crippen LogP contribution < -0.4 is 5.73 Å². The van der Waals surface area contributed by atoms with Gasteiger partial charge in [-0.2, -0.15) is 0 Å². The lowest BCUT2D eigenvalue weighted by Crippen LogP contribution is -1.99. The highest BCUT2D eigenvalue weighted by atomic mass is 19.1. The predicted molar refractivity (Wildman–Crippen MR) is 56.7 cm³/mol. The Hall–Kier alpha value is -1.84. The van der Waals surface area contributed by atoms with Gasteiger partial charge >= 0.3 is 5.97 Å². The molecule has 0 aliphatic heterocycles. The Bertz CT molecular complexity index is 413. The van der Waals surface area contributed by atoms with E-state index in [-0.39, 0.29) is 11.1 Å². The van der Waals surface area contributed by atoms with Gasteiger partial charge in [0.25, 0.3) is 0 Å². The molecule has 1 aromatic carbocycles. The van der Waals surface area contributed by atoms with Crippen LogP contribution >= 0.6 is 0 Å². The van der Waals surface area contributed by atoms with Crippen molar-refractivity contribution < 1.29 is 14.3 Å². The molecule has 0 aliphatic rings. The molecule has 0 radical (unpaired) electrons. The van der Waals surface area contributed by atoms with E-state index in [2.05, 4.69) is 0 Å². The molecule has 1 rings (SSSR count). The molecule has 0 aromatic heterocycles. The summed E-state index contributed by atoms with van der Waals surface area (Å²) in [7, 11) is 0. The number of carbonyl (C=O) groups is 1. The van der Waals surface area contributed by atoms with Gasteiger partial charge in [0.15, 0.2) is 0 Å². The van der Waals surface area contributed by atoms with E-state index in [1.54, 1.807) is 6.92 Å². The molecule has 1 aromatic rings. The normalized spacial score (nSPS) is 11.5. The van der Waals surface area contributed by atoms with Gasteiger partial charge in [0.2, 0.25) is 0 Å². The highest BCUT2D eigenvalue weighted by Crippen LogP contribution is 2.16. The van der Waals surface area contributed by atoms with Crippen molar-refractivity contribution in [2.75, 3.05) is 5.73 Å². The van der Waals surface area contributed by atoms with Gasteiger partial charge in [0.1, 0.15) is 5.82 Å². The van der Waals surface area contributed by atoms with Crippen molar-refractivity contribution in [3.8, 4) is 0 Å². The molecule has 0 heterocycles. The smallest absolute Gasteiger partial charge is 0.331 e. The highest BCUT2D eigenvalue weighted by molar-refractivity contribution is 5.92. The Morgan fingerprint density at radius 1 is 1.60 bits per heavy atom. The number of carboxylic acid groups (broad SMARTS) is 1. The summed E-state index contributed by atoms with van der Waals surface area (Å²) in [6.45, 7) is 1.70. The molecule has 3 nitrogen and oxygen atoms in total. The van der Waals surface area contributed by atoms with Crippen LogP contribution in [0.25, 0.3) is 6.08 Å². The summed E-state index contributed by atoms with van der Waals surface area (Å²) in [6.07, 6.45) is 1.66. The fraction of sp³-hybridized carbons (Fsp3) is 0.182. The van der Waals surface area contributed by atoms with E-state index >= 15 is 0 Å². The van der Waals surface area contributed by atoms with Crippen molar-refractivity contribution in [3.05, 3.63) is 35.2 Å². The molecule has 0 fully saturated rings. The summed E-state index contributed by atoms with van der Waals surface area (Å²) in [4.78, 5) is 10.7. The maximum absolute atomic E-state index is 13.3. The van der Waals surface area contributed by atoms with E-state index < -0.39 is 11.8 Å². The second-order valence-corrected chi connectivity index (χ2v) is 3.11. The molecule has 0 bridgehead atoms. The first-order valence-electron chi connectivity index (χ1n) is 4.53.